The highest BCUT2D eigenvalue weighted by Crippen LogP contribution is 2.34. The Balaban J connectivity index is 2.34. The van der Waals surface area contributed by atoms with E-state index in [2.05, 4.69) is 5.32 Å². The molecule has 1 nitrogen and oxygen atoms in total. The second-order valence-corrected chi connectivity index (χ2v) is 5.80. The zero-order chi connectivity index (χ0) is 13.8. The fourth-order valence-electron chi connectivity index (χ4n) is 1.76. The van der Waals surface area contributed by atoms with E-state index in [1.807, 2.05) is 44.3 Å². The van der Waals surface area contributed by atoms with Crippen molar-refractivity contribution in [2.24, 2.45) is 0 Å². The number of nitrogens with one attached hydrogen (secondary N) is 1. The smallest absolute Gasteiger partial charge is 0.123 e. The van der Waals surface area contributed by atoms with Gasteiger partial charge in [0.1, 0.15) is 5.82 Å². The Morgan fingerprint density at radius 3 is 2.68 bits per heavy atom. The summed E-state index contributed by atoms with van der Waals surface area (Å²) in [7, 11) is 1.86. The summed E-state index contributed by atoms with van der Waals surface area (Å²) in [5.41, 5.74) is 0.951. The number of hydrogen-bond donors (Lipinski definition) is 1. The van der Waals surface area contributed by atoms with Crippen molar-refractivity contribution in [3.8, 4) is 0 Å². The second kappa shape index (κ2) is 6.42. The predicted octanol–water partition coefficient (Wildman–Crippen LogP) is 4.91. The van der Waals surface area contributed by atoms with Crippen LogP contribution >= 0.6 is 23.4 Å². The lowest BCUT2D eigenvalue weighted by molar-refractivity contribution is 0.601. The van der Waals surface area contributed by atoms with Crippen molar-refractivity contribution >= 4 is 23.4 Å². The Bertz CT molecular complexity index is 574. The van der Waals surface area contributed by atoms with Crippen LogP contribution in [0.3, 0.4) is 0 Å². The molecule has 0 aromatic heterocycles. The summed E-state index contributed by atoms with van der Waals surface area (Å²) in [6.45, 7) is 2.01. The summed E-state index contributed by atoms with van der Waals surface area (Å²) in [4.78, 5) is 2.08. The molecule has 1 N–H and O–H groups in total. The molecule has 19 heavy (non-hydrogen) atoms. The van der Waals surface area contributed by atoms with Gasteiger partial charge in [0.2, 0.25) is 0 Å². The molecule has 2 aromatic carbocycles. The highest BCUT2D eigenvalue weighted by atomic mass is 35.5. The van der Waals surface area contributed by atoms with Gasteiger partial charge in [-0.25, -0.2) is 4.39 Å². The number of rotatable bonds is 4. The molecule has 0 bridgehead atoms. The SMILES string of the molecule is CNC(C)c1cc(F)ccc1Sc1cccc(Cl)c1. The molecular weight excluding hydrogens is 281 g/mol. The fourth-order valence-corrected chi connectivity index (χ4v) is 3.09. The van der Waals surface area contributed by atoms with Crippen LogP contribution in [-0.4, -0.2) is 7.05 Å². The molecule has 0 saturated heterocycles. The van der Waals surface area contributed by atoms with Gasteiger partial charge in [-0.15, -0.1) is 0 Å². The Morgan fingerprint density at radius 2 is 2.00 bits per heavy atom. The van der Waals surface area contributed by atoms with E-state index in [1.165, 1.54) is 6.07 Å². The van der Waals surface area contributed by atoms with Crippen molar-refractivity contribution < 1.29 is 4.39 Å². The predicted molar refractivity (Wildman–Crippen MR) is 79.4 cm³/mol. The normalized spacial score (nSPS) is 12.4. The minimum Gasteiger partial charge on any atom is -0.313 e. The average Bonchev–Trinajstić information content (AvgIpc) is 2.40. The molecule has 2 rings (SSSR count). The number of halogens is 2. The van der Waals surface area contributed by atoms with Gasteiger partial charge in [-0.1, -0.05) is 29.4 Å². The topological polar surface area (TPSA) is 12.0 Å². The molecule has 1 atom stereocenters. The van der Waals surface area contributed by atoms with Gasteiger partial charge in [0.25, 0.3) is 0 Å². The maximum atomic E-state index is 13.4. The van der Waals surface area contributed by atoms with E-state index in [1.54, 1.807) is 17.8 Å². The van der Waals surface area contributed by atoms with Crippen LogP contribution in [0.25, 0.3) is 0 Å². The molecule has 0 heterocycles. The van der Waals surface area contributed by atoms with Crippen LogP contribution in [0.5, 0.6) is 0 Å². The van der Waals surface area contributed by atoms with E-state index < -0.39 is 0 Å². The first kappa shape index (κ1) is 14.4. The third-order valence-electron chi connectivity index (χ3n) is 2.90. The van der Waals surface area contributed by atoms with Gasteiger partial charge in [-0.05, 0) is 55.9 Å². The molecule has 0 aliphatic rings. The molecular formula is C15H15ClFNS. The van der Waals surface area contributed by atoms with Gasteiger partial charge in [-0.3, -0.25) is 0 Å². The quantitative estimate of drug-likeness (QED) is 0.860. The summed E-state index contributed by atoms with van der Waals surface area (Å²) < 4.78 is 13.4. The lowest BCUT2D eigenvalue weighted by atomic mass is 10.1. The molecule has 0 saturated carbocycles. The first-order valence-corrected chi connectivity index (χ1v) is 7.19. The summed E-state index contributed by atoms with van der Waals surface area (Å²) in [6, 6.07) is 12.6. The zero-order valence-electron chi connectivity index (χ0n) is 10.8. The Morgan fingerprint density at radius 1 is 1.21 bits per heavy atom. The molecule has 4 heteroatoms. The summed E-state index contributed by atoms with van der Waals surface area (Å²) in [6.07, 6.45) is 0. The van der Waals surface area contributed by atoms with Gasteiger partial charge in [0.15, 0.2) is 0 Å². The summed E-state index contributed by atoms with van der Waals surface area (Å²) >= 11 is 7.57. The van der Waals surface area contributed by atoms with Crippen LogP contribution in [0.15, 0.2) is 52.3 Å². The molecule has 0 aliphatic heterocycles. The highest BCUT2D eigenvalue weighted by Gasteiger charge is 2.11. The van der Waals surface area contributed by atoms with E-state index in [4.69, 9.17) is 11.6 Å². The third kappa shape index (κ3) is 3.72. The molecule has 0 amide bonds. The Labute approximate surface area is 122 Å². The molecule has 1 unspecified atom stereocenters. The lowest BCUT2D eigenvalue weighted by Crippen LogP contribution is -2.13. The van der Waals surface area contributed by atoms with Crippen LogP contribution in [0, 0.1) is 5.82 Å². The van der Waals surface area contributed by atoms with Crippen molar-refractivity contribution in [2.45, 2.75) is 22.8 Å². The molecule has 0 spiro atoms. The monoisotopic (exact) mass is 295 g/mol. The minimum absolute atomic E-state index is 0.0948. The zero-order valence-corrected chi connectivity index (χ0v) is 12.4. The standard InChI is InChI=1S/C15H15ClFNS/c1-10(18-2)14-9-12(17)6-7-15(14)19-13-5-3-4-11(16)8-13/h3-10,18H,1-2H3. The van der Waals surface area contributed by atoms with E-state index >= 15 is 0 Å². The minimum atomic E-state index is -0.215. The molecule has 100 valence electrons. The molecule has 0 radical (unpaired) electrons. The number of hydrogen-bond acceptors (Lipinski definition) is 2. The third-order valence-corrected chi connectivity index (χ3v) is 4.21. The Kier molecular flexibility index (Phi) is 4.86. The molecule has 0 aliphatic carbocycles. The van der Waals surface area contributed by atoms with Crippen LogP contribution in [0.1, 0.15) is 18.5 Å². The number of benzene rings is 2. The van der Waals surface area contributed by atoms with Gasteiger partial charge in [0, 0.05) is 20.9 Å². The van der Waals surface area contributed by atoms with Gasteiger partial charge >= 0.3 is 0 Å². The lowest BCUT2D eigenvalue weighted by Gasteiger charge is -2.15. The van der Waals surface area contributed by atoms with Crippen molar-refractivity contribution in [2.75, 3.05) is 7.05 Å². The first-order valence-electron chi connectivity index (χ1n) is 6.00. The largest absolute Gasteiger partial charge is 0.313 e. The average molecular weight is 296 g/mol. The second-order valence-electron chi connectivity index (χ2n) is 4.25. The maximum absolute atomic E-state index is 13.4. The maximum Gasteiger partial charge on any atom is 0.123 e. The van der Waals surface area contributed by atoms with E-state index in [0.717, 1.165) is 15.4 Å². The van der Waals surface area contributed by atoms with Gasteiger partial charge < -0.3 is 5.32 Å². The van der Waals surface area contributed by atoms with E-state index in [9.17, 15) is 4.39 Å². The van der Waals surface area contributed by atoms with Crippen molar-refractivity contribution in [3.05, 3.63) is 58.9 Å². The van der Waals surface area contributed by atoms with Crippen LogP contribution in [0.4, 0.5) is 4.39 Å². The highest BCUT2D eigenvalue weighted by molar-refractivity contribution is 7.99. The molecule has 2 aromatic rings. The van der Waals surface area contributed by atoms with Crippen LogP contribution in [-0.2, 0) is 0 Å². The van der Waals surface area contributed by atoms with Crippen molar-refractivity contribution in [3.63, 3.8) is 0 Å². The fraction of sp³-hybridized carbons (Fsp3) is 0.200. The van der Waals surface area contributed by atoms with Gasteiger partial charge in [-0.2, -0.15) is 0 Å². The summed E-state index contributed by atoms with van der Waals surface area (Å²) in [5, 5.41) is 3.84. The van der Waals surface area contributed by atoms with E-state index in [0.29, 0.717) is 5.02 Å². The van der Waals surface area contributed by atoms with Gasteiger partial charge in [0.05, 0.1) is 0 Å². The summed E-state index contributed by atoms with van der Waals surface area (Å²) in [5.74, 6) is -0.215. The molecule has 0 fully saturated rings. The van der Waals surface area contributed by atoms with Crippen LogP contribution in [0.2, 0.25) is 5.02 Å². The first-order chi connectivity index (χ1) is 9.10. The van der Waals surface area contributed by atoms with Crippen molar-refractivity contribution in [1.82, 2.24) is 5.32 Å². The van der Waals surface area contributed by atoms with Crippen LogP contribution < -0.4 is 5.32 Å². The van der Waals surface area contributed by atoms with Crippen molar-refractivity contribution in [1.29, 1.82) is 0 Å². The Hall–Kier alpha value is -1.03. The van der Waals surface area contributed by atoms with E-state index in [-0.39, 0.29) is 11.9 Å².